The van der Waals surface area contributed by atoms with Gasteiger partial charge in [0.05, 0.1) is 12.7 Å². The molecule has 5 nitrogen and oxygen atoms in total. The number of nitrogens with zero attached hydrogens (tertiary/aromatic N) is 1. The lowest BCUT2D eigenvalue weighted by molar-refractivity contribution is -0.117. The van der Waals surface area contributed by atoms with E-state index in [1.165, 1.54) is 0 Å². The van der Waals surface area contributed by atoms with Crippen LogP contribution >= 0.6 is 0 Å². The number of benzene rings is 1. The Morgan fingerprint density at radius 3 is 2.74 bits per heavy atom. The van der Waals surface area contributed by atoms with Gasteiger partial charge in [-0.25, -0.2) is 0 Å². The molecular formula is C18H22N2O3. The molecule has 23 heavy (non-hydrogen) atoms. The first kappa shape index (κ1) is 17.0. The van der Waals surface area contributed by atoms with Crippen LogP contribution in [0.2, 0.25) is 0 Å². The summed E-state index contributed by atoms with van der Waals surface area (Å²) in [6.45, 7) is 2.91. The highest BCUT2D eigenvalue weighted by atomic mass is 16.5. The molecule has 1 saturated carbocycles. The van der Waals surface area contributed by atoms with Crippen LogP contribution in [0.3, 0.4) is 0 Å². The van der Waals surface area contributed by atoms with Crippen molar-refractivity contribution in [2.45, 2.75) is 32.3 Å². The second-order valence-electron chi connectivity index (χ2n) is 5.64. The van der Waals surface area contributed by atoms with Gasteiger partial charge in [-0.1, -0.05) is 18.6 Å². The molecule has 1 aromatic carbocycles. The molecule has 1 fully saturated rings. The average Bonchev–Trinajstić information content (AvgIpc) is 2.97. The number of aliphatic hydroxyl groups is 1. The van der Waals surface area contributed by atoms with Crippen molar-refractivity contribution >= 4 is 12.0 Å². The van der Waals surface area contributed by atoms with Crippen molar-refractivity contribution in [1.82, 2.24) is 5.32 Å². The smallest absolute Gasteiger partial charge is 0.261 e. The Morgan fingerprint density at radius 1 is 1.43 bits per heavy atom. The van der Waals surface area contributed by atoms with Crippen molar-refractivity contribution in [2.75, 3.05) is 13.2 Å². The summed E-state index contributed by atoms with van der Waals surface area (Å²) in [5, 5.41) is 21.7. The summed E-state index contributed by atoms with van der Waals surface area (Å²) in [5.41, 5.74) is 0.822. The van der Waals surface area contributed by atoms with Crippen molar-refractivity contribution in [3.8, 4) is 11.8 Å². The Balaban J connectivity index is 1.97. The van der Waals surface area contributed by atoms with Crippen LogP contribution < -0.4 is 10.1 Å². The summed E-state index contributed by atoms with van der Waals surface area (Å²) < 4.78 is 5.36. The van der Waals surface area contributed by atoms with Crippen LogP contribution in [0.1, 0.15) is 31.7 Å². The van der Waals surface area contributed by atoms with E-state index in [9.17, 15) is 15.2 Å². The van der Waals surface area contributed by atoms with E-state index in [1.807, 2.05) is 13.0 Å². The molecule has 1 aromatic rings. The third kappa shape index (κ3) is 4.83. The zero-order chi connectivity index (χ0) is 16.7. The van der Waals surface area contributed by atoms with Crippen LogP contribution in [-0.4, -0.2) is 30.3 Å². The third-order valence-corrected chi connectivity index (χ3v) is 4.01. The molecule has 122 valence electrons. The number of hydrogen-bond donors (Lipinski definition) is 2. The van der Waals surface area contributed by atoms with E-state index in [1.54, 1.807) is 30.3 Å². The van der Waals surface area contributed by atoms with E-state index in [4.69, 9.17) is 4.74 Å². The lowest BCUT2D eigenvalue weighted by atomic mass is 10.1. The van der Waals surface area contributed by atoms with Gasteiger partial charge in [-0.2, -0.15) is 5.26 Å². The normalized spacial score (nSPS) is 20.8. The van der Waals surface area contributed by atoms with Gasteiger partial charge in [-0.05, 0) is 43.5 Å². The Morgan fingerprint density at radius 2 is 2.17 bits per heavy atom. The molecule has 2 atom stereocenters. The van der Waals surface area contributed by atoms with Crippen molar-refractivity contribution in [3.05, 3.63) is 35.4 Å². The number of carbonyl (C=O) groups excluding carboxylic acids is 1. The van der Waals surface area contributed by atoms with Crippen LogP contribution in [-0.2, 0) is 4.79 Å². The second kappa shape index (κ2) is 8.35. The molecule has 0 radical (unpaired) electrons. The quantitative estimate of drug-likeness (QED) is 0.623. The van der Waals surface area contributed by atoms with Gasteiger partial charge in [0.1, 0.15) is 17.4 Å². The minimum atomic E-state index is -0.402. The summed E-state index contributed by atoms with van der Waals surface area (Å²) in [7, 11) is 0. The zero-order valence-electron chi connectivity index (χ0n) is 13.3. The van der Waals surface area contributed by atoms with Gasteiger partial charge in [0.25, 0.3) is 5.91 Å². The Hall–Kier alpha value is -2.32. The van der Waals surface area contributed by atoms with Gasteiger partial charge >= 0.3 is 0 Å². The summed E-state index contributed by atoms with van der Waals surface area (Å²) in [4.78, 5) is 12.1. The molecule has 0 spiro atoms. The van der Waals surface area contributed by atoms with Crippen LogP contribution in [0.5, 0.6) is 5.75 Å². The molecule has 1 aliphatic rings. The Bertz CT molecular complexity index is 602. The number of nitriles is 1. The maximum absolute atomic E-state index is 12.1. The van der Waals surface area contributed by atoms with Crippen LogP contribution in [0, 0.1) is 17.2 Å². The van der Waals surface area contributed by atoms with Crippen molar-refractivity contribution < 1.29 is 14.6 Å². The highest BCUT2D eigenvalue weighted by Crippen LogP contribution is 2.24. The summed E-state index contributed by atoms with van der Waals surface area (Å²) in [5.74, 6) is 0.438. The first-order valence-corrected chi connectivity index (χ1v) is 7.95. The molecule has 5 heteroatoms. The third-order valence-electron chi connectivity index (χ3n) is 4.01. The molecule has 0 heterocycles. The molecule has 1 aliphatic carbocycles. The number of ether oxygens (including phenoxy) is 1. The lowest BCUT2D eigenvalue weighted by Crippen LogP contribution is -2.33. The van der Waals surface area contributed by atoms with Crippen molar-refractivity contribution in [1.29, 1.82) is 5.26 Å². The van der Waals surface area contributed by atoms with Crippen LogP contribution in [0.4, 0.5) is 0 Å². The van der Waals surface area contributed by atoms with Crippen LogP contribution in [0.25, 0.3) is 6.08 Å². The van der Waals surface area contributed by atoms with Gasteiger partial charge < -0.3 is 15.2 Å². The molecule has 0 aromatic heterocycles. The van der Waals surface area contributed by atoms with Crippen LogP contribution in [0.15, 0.2) is 29.8 Å². The number of nitrogens with one attached hydrogen (secondary N) is 1. The van der Waals surface area contributed by atoms with Crippen molar-refractivity contribution in [2.24, 2.45) is 5.92 Å². The van der Waals surface area contributed by atoms with Gasteiger partial charge in [0.2, 0.25) is 0 Å². The monoisotopic (exact) mass is 314 g/mol. The van der Waals surface area contributed by atoms with Gasteiger partial charge in [-0.15, -0.1) is 0 Å². The molecule has 2 unspecified atom stereocenters. The average molecular weight is 314 g/mol. The van der Waals surface area contributed by atoms with E-state index in [-0.39, 0.29) is 17.6 Å². The zero-order valence-corrected chi connectivity index (χ0v) is 13.3. The highest BCUT2D eigenvalue weighted by molar-refractivity contribution is 6.01. The standard InChI is InChI=1S/C18H22N2O3/c1-2-23-16-8-6-13(7-9-16)10-15(11-19)18(22)20-12-14-4-3-5-17(14)21/h6-10,14,17,21H,2-5,12H2,1H3,(H,20,22). The number of rotatable bonds is 6. The highest BCUT2D eigenvalue weighted by Gasteiger charge is 2.25. The molecular weight excluding hydrogens is 292 g/mol. The largest absolute Gasteiger partial charge is 0.494 e. The Labute approximate surface area is 136 Å². The number of aliphatic hydroxyl groups excluding tert-OH is 1. The molecule has 2 rings (SSSR count). The topological polar surface area (TPSA) is 82.3 Å². The van der Waals surface area contributed by atoms with Gasteiger partial charge in [-0.3, -0.25) is 4.79 Å². The predicted octanol–water partition coefficient (Wildman–Crippen LogP) is 2.27. The molecule has 1 amide bonds. The minimum Gasteiger partial charge on any atom is -0.494 e. The summed E-state index contributed by atoms with van der Waals surface area (Å²) in [6.07, 6.45) is 3.88. The lowest BCUT2D eigenvalue weighted by Gasteiger charge is -2.14. The summed E-state index contributed by atoms with van der Waals surface area (Å²) in [6, 6.07) is 9.14. The van der Waals surface area contributed by atoms with Gasteiger partial charge in [0, 0.05) is 12.5 Å². The maximum Gasteiger partial charge on any atom is 0.261 e. The molecule has 0 saturated heterocycles. The minimum absolute atomic E-state index is 0.0571. The maximum atomic E-state index is 12.1. The summed E-state index contributed by atoms with van der Waals surface area (Å²) >= 11 is 0. The van der Waals surface area contributed by atoms with Gasteiger partial charge in [0.15, 0.2) is 0 Å². The number of hydrogen-bond acceptors (Lipinski definition) is 4. The number of carbonyl (C=O) groups is 1. The second-order valence-corrected chi connectivity index (χ2v) is 5.64. The predicted molar refractivity (Wildman–Crippen MR) is 87.6 cm³/mol. The fourth-order valence-corrected chi connectivity index (χ4v) is 2.72. The van der Waals surface area contributed by atoms with Crippen molar-refractivity contribution in [3.63, 3.8) is 0 Å². The Kier molecular flexibility index (Phi) is 6.19. The first-order chi connectivity index (χ1) is 11.1. The van der Waals surface area contributed by atoms with E-state index >= 15 is 0 Å². The fourth-order valence-electron chi connectivity index (χ4n) is 2.72. The van der Waals surface area contributed by atoms with E-state index in [0.29, 0.717) is 13.2 Å². The SMILES string of the molecule is CCOc1ccc(C=C(C#N)C(=O)NCC2CCCC2O)cc1. The molecule has 0 aliphatic heterocycles. The van der Waals surface area contributed by atoms with E-state index in [2.05, 4.69) is 5.32 Å². The molecule has 0 bridgehead atoms. The fraction of sp³-hybridized carbons (Fsp3) is 0.444. The number of amides is 1. The first-order valence-electron chi connectivity index (χ1n) is 7.95. The molecule has 2 N–H and O–H groups in total. The van der Waals surface area contributed by atoms with E-state index in [0.717, 1.165) is 30.6 Å². The van der Waals surface area contributed by atoms with E-state index < -0.39 is 5.91 Å².